The molecule has 0 aromatic heterocycles. The van der Waals surface area contributed by atoms with Crippen LogP contribution in [0.25, 0.3) is 0 Å². The molecular weight excluding hydrogens is 600 g/mol. The number of rotatable bonds is 5. The molecule has 1 heterocycles. The van der Waals surface area contributed by atoms with Crippen molar-refractivity contribution >= 4 is 29.0 Å². The summed E-state index contributed by atoms with van der Waals surface area (Å²) in [6, 6.07) is 15.1. The highest BCUT2D eigenvalue weighted by atomic mass is 32.2. The first-order chi connectivity index (χ1) is 21.2. The van der Waals surface area contributed by atoms with Crippen LogP contribution in [0.4, 0.5) is 14.5 Å². The molecule has 2 aromatic rings. The third kappa shape index (κ3) is 4.02. The number of ether oxygens (including phenoxy) is 2. The summed E-state index contributed by atoms with van der Waals surface area (Å²) < 4.78 is 46.8. The third-order valence-electron chi connectivity index (χ3n) is 11.6. The van der Waals surface area contributed by atoms with Crippen molar-refractivity contribution in [3.05, 3.63) is 77.9 Å². The summed E-state index contributed by atoms with van der Waals surface area (Å²) >= 11 is 1.56. The maximum Gasteiger partial charge on any atom is 0.193 e. The molecule has 4 N–H and O–H groups in total. The number of alkyl halides is 2. The number of allylic oxidation sites excluding steroid dienone is 4. The molecule has 5 aliphatic rings. The minimum atomic E-state index is -2.30. The molecule has 10 atom stereocenters. The number of nitrogens with two attached hydrogens (primary N) is 1. The van der Waals surface area contributed by atoms with E-state index in [1.165, 1.54) is 19.1 Å². The molecule has 2 aromatic carbocycles. The zero-order valence-electron chi connectivity index (χ0n) is 25.3. The van der Waals surface area contributed by atoms with Crippen LogP contribution in [0.15, 0.2) is 82.1 Å². The number of benzene rings is 2. The van der Waals surface area contributed by atoms with Crippen molar-refractivity contribution in [1.29, 1.82) is 0 Å². The highest BCUT2D eigenvalue weighted by Crippen LogP contribution is 2.73. The number of aliphatic hydroxyl groups is 2. The van der Waals surface area contributed by atoms with Gasteiger partial charge in [0.2, 0.25) is 0 Å². The SMILES string of the molecule is C[C@@]1(c2ccc(Sc3ccc(N)cc3)cc2)O[C@H]2C[C@H]3[C@@H]4C[C@H](F)C5=CC(=O)C=C[C@]5(C)[C@@]4(F)[C@@H](O)C[C@]3(C)C2(C(=O)CO)O1. The number of nitrogen functional groups attached to an aromatic ring is 1. The van der Waals surface area contributed by atoms with E-state index in [0.717, 1.165) is 15.9 Å². The number of fused-ring (bicyclic) bond motifs is 7. The fourth-order valence-electron chi connectivity index (χ4n) is 9.39. The van der Waals surface area contributed by atoms with Crippen molar-refractivity contribution < 1.29 is 38.1 Å². The molecule has 1 aliphatic heterocycles. The van der Waals surface area contributed by atoms with Gasteiger partial charge in [-0.2, -0.15) is 0 Å². The lowest BCUT2D eigenvalue weighted by molar-refractivity contribution is -0.256. The molecule has 3 saturated carbocycles. The van der Waals surface area contributed by atoms with Crippen LogP contribution in [0.5, 0.6) is 0 Å². The first-order valence-corrected chi connectivity index (χ1v) is 16.2. The minimum absolute atomic E-state index is 0.0359. The summed E-state index contributed by atoms with van der Waals surface area (Å²) in [7, 11) is 0. The van der Waals surface area contributed by atoms with Crippen LogP contribution in [-0.2, 0) is 24.8 Å². The lowest BCUT2D eigenvalue weighted by atomic mass is 9.44. The van der Waals surface area contributed by atoms with Gasteiger partial charge in [-0.25, -0.2) is 8.78 Å². The molecule has 0 bridgehead atoms. The average Bonchev–Trinajstić information content (AvgIpc) is 3.45. The van der Waals surface area contributed by atoms with Gasteiger partial charge in [-0.05, 0) is 93.2 Å². The van der Waals surface area contributed by atoms with Crippen LogP contribution < -0.4 is 5.73 Å². The zero-order valence-corrected chi connectivity index (χ0v) is 26.2. The molecule has 0 amide bonds. The highest BCUT2D eigenvalue weighted by molar-refractivity contribution is 7.99. The molecule has 238 valence electrons. The Kier molecular flexibility index (Phi) is 6.87. The largest absolute Gasteiger partial charge is 0.399 e. The van der Waals surface area contributed by atoms with E-state index in [9.17, 15) is 19.8 Å². The third-order valence-corrected chi connectivity index (χ3v) is 12.6. The van der Waals surface area contributed by atoms with E-state index < -0.39 is 76.3 Å². The first kappa shape index (κ1) is 30.7. The molecule has 0 radical (unpaired) electrons. The Morgan fingerprint density at radius 1 is 1.04 bits per heavy atom. The topological polar surface area (TPSA) is 119 Å². The Bertz CT molecular complexity index is 1630. The molecule has 4 aliphatic carbocycles. The van der Waals surface area contributed by atoms with E-state index >= 15 is 8.78 Å². The number of Topliss-reactive ketones (excluding diaryl/α,β-unsaturated/α-hetero) is 1. The van der Waals surface area contributed by atoms with Crippen molar-refractivity contribution in [2.75, 3.05) is 12.3 Å². The van der Waals surface area contributed by atoms with Gasteiger partial charge >= 0.3 is 0 Å². The molecule has 10 heteroatoms. The number of hydrogen-bond donors (Lipinski definition) is 3. The van der Waals surface area contributed by atoms with Gasteiger partial charge in [-0.15, -0.1) is 0 Å². The van der Waals surface area contributed by atoms with Gasteiger partial charge in [0.15, 0.2) is 28.6 Å². The second-order valence-electron chi connectivity index (χ2n) is 13.8. The van der Waals surface area contributed by atoms with E-state index in [1.807, 2.05) is 48.5 Å². The van der Waals surface area contributed by atoms with Crippen molar-refractivity contribution in [1.82, 2.24) is 0 Å². The van der Waals surface area contributed by atoms with Gasteiger partial charge in [-0.3, -0.25) is 9.59 Å². The summed E-state index contributed by atoms with van der Waals surface area (Å²) in [6.07, 6.45) is -0.560. The summed E-state index contributed by atoms with van der Waals surface area (Å²) in [5, 5.41) is 22.0. The monoisotopic (exact) mass is 637 g/mol. The number of ketones is 2. The van der Waals surface area contributed by atoms with E-state index in [0.29, 0.717) is 11.3 Å². The van der Waals surface area contributed by atoms with E-state index in [1.54, 1.807) is 25.6 Å². The maximum atomic E-state index is 17.6. The first-order valence-electron chi connectivity index (χ1n) is 15.3. The smallest absolute Gasteiger partial charge is 0.193 e. The Hall–Kier alpha value is -2.89. The zero-order chi connectivity index (χ0) is 32.2. The van der Waals surface area contributed by atoms with Crippen LogP contribution in [0, 0.1) is 22.7 Å². The van der Waals surface area contributed by atoms with Gasteiger partial charge in [0, 0.05) is 37.8 Å². The van der Waals surface area contributed by atoms with Crippen molar-refractivity contribution in [2.45, 2.75) is 85.3 Å². The summed E-state index contributed by atoms with van der Waals surface area (Å²) in [5.74, 6) is -4.02. The molecule has 1 saturated heterocycles. The van der Waals surface area contributed by atoms with Crippen molar-refractivity contribution in [3.63, 3.8) is 0 Å². The molecule has 7 rings (SSSR count). The highest BCUT2D eigenvalue weighted by Gasteiger charge is 2.81. The van der Waals surface area contributed by atoms with Gasteiger partial charge in [0.05, 0.1) is 12.2 Å². The standard InChI is InChI=1S/C35H37F2NO6S/c1-31-13-12-21(40)14-26(31)27(36)15-25-24-16-30-35(29(42)18-39,32(24,2)17-28(41)34(25,31)37)44-33(3,43-30)19-4-8-22(9-5-19)45-23-10-6-20(38)7-11-23/h4-14,24-25,27-28,30,39,41H,15-18,38H2,1-3H3/t24-,25-,27-,28-,30-,31-,32-,33+,34-,35?/m0/s1. The van der Waals surface area contributed by atoms with Crippen LogP contribution in [0.3, 0.4) is 0 Å². The predicted molar refractivity (Wildman–Crippen MR) is 164 cm³/mol. The van der Waals surface area contributed by atoms with Gasteiger partial charge < -0.3 is 25.4 Å². The molecular formula is C35H37F2NO6S. The predicted octanol–water partition coefficient (Wildman–Crippen LogP) is 5.24. The van der Waals surface area contributed by atoms with E-state index in [2.05, 4.69) is 0 Å². The molecule has 4 fully saturated rings. The molecule has 0 spiro atoms. The Morgan fingerprint density at radius 2 is 1.69 bits per heavy atom. The van der Waals surface area contributed by atoms with Gasteiger partial charge in [-0.1, -0.05) is 36.9 Å². The second-order valence-corrected chi connectivity index (χ2v) is 14.9. The van der Waals surface area contributed by atoms with Gasteiger partial charge in [0.25, 0.3) is 0 Å². The lowest BCUT2D eigenvalue weighted by Crippen LogP contribution is -2.71. The minimum Gasteiger partial charge on any atom is -0.399 e. The summed E-state index contributed by atoms with van der Waals surface area (Å²) in [6.45, 7) is 4.20. The van der Waals surface area contributed by atoms with Crippen LogP contribution in [0.1, 0.15) is 45.6 Å². The molecule has 45 heavy (non-hydrogen) atoms. The van der Waals surface area contributed by atoms with E-state index in [-0.39, 0.29) is 24.8 Å². The summed E-state index contributed by atoms with van der Waals surface area (Å²) in [5.41, 5.74) is 0.434. The number of halogens is 2. The Morgan fingerprint density at radius 3 is 2.33 bits per heavy atom. The van der Waals surface area contributed by atoms with Gasteiger partial charge in [0.1, 0.15) is 12.8 Å². The number of carbonyl (C=O) groups is 2. The fourth-order valence-corrected chi connectivity index (χ4v) is 10.2. The summed E-state index contributed by atoms with van der Waals surface area (Å²) in [4.78, 5) is 28.0. The Balaban J connectivity index is 1.23. The fraction of sp³-hybridized carbons (Fsp3) is 0.486. The van der Waals surface area contributed by atoms with Crippen molar-refractivity contribution in [3.8, 4) is 0 Å². The molecule has 7 nitrogen and oxygen atoms in total. The Labute approximate surface area is 264 Å². The molecule has 1 unspecified atom stereocenters. The van der Waals surface area contributed by atoms with Crippen molar-refractivity contribution in [2.24, 2.45) is 22.7 Å². The van der Waals surface area contributed by atoms with E-state index in [4.69, 9.17) is 15.2 Å². The number of hydrogen-bond acceptors (Lipinski definition) is 8. The number of anilines is 1. The number of carbonyl (C=O) groups excluding carboxylic acids is 2. The maximum absolute atomic E-state index is 17.6. The second kappa shape index (κ2) is 10.1. The lowest BCUT2D eigenvalue weighted by Gasteiger charge is -2.63. The number of aliphatic hydroxyl groups excluding tert-OH is 2. The van der Waals surface area contributed by atoms with Crippen LogP contribution in [0.2, 0.25) is 0 Å². The normalized spacial score (nSPS) is 43.2. The quantitative estimate of drug-likeness (QED) is 0.381. The van der Waals surface area contributed by atoms with Crippen LogP contribution >= 0.6 is 11.8 Å². The average molecular weight is 638 g/mol. The van der Waals surface area contributed by atoms with Crippen LogP contribution in [-0.4, -0.2) is 58.0 Å².